The second-order valence-corrected chi connectivity index (χ2v) is 6.22. The molecule has 0 spiro atoms. The first-order chi connectivity index (χ1) is 10.8. The van der Waals surface area contributed by atoms with Crippen LogP contribution in [-0.4, -0.2) is 26.7 Å². The molecule has 0 aliphatic carbocycles. The Balaban J connectivity index is 1.51. The average molecular weight is 309 g/mol. The number of aromatic nitrogens is 2. The van der Waals surface area contributed by atoms with Crippen molar-refractivity contribution in [3.8, 4) is 0 Å². The molecule has 0 fully saturated rings. The standard InChI is InChI=1S/C17H15N3OS/c21-16(6-5-15-11-18-17-20(15)9-10-22-17)19-8-7-13-3-1-2-4-14(13)12-19/h1-6,9-11H,7-8,12H2/b6-5+. The molecular weight excluding hydrogens is 294 g/mol. The highest BCUT2D eigenvalue weighted by molar-refractivity contribution is 7.15. The average Bonchev–Trinajstić information content (AvgIpc) is 3.16. The maximum atomic E-state index is 12.4. The van der Waals surface area contributed by atoms with Crippen LogP contribution in [0.3, 0.4) is 0 Å². The van der Waals surface area contributed by atoms with Crippen LogP contribution in [0, 0.1) is 0 Å². The van der Waals surface area contributed by atoms with Crippen LogP contribution in [-0.2, 0) is 17.8 Å². The molecule has 1 amide bonds. The number of carbonyl (C=O) groups excluding carboxylic acids is 1. The van der Waals surface area contributed by atoms with Gasteiger partial charge in [-0.25, -0.2) is 4.98 Å². The van der Waals surface area contributed by atoms with Gasteiger partial charge in [0.25, 0.3) is 0 Å². The number of amides is 1. The Kier molecular flexibility index (Phi) is 3.27. The van der Waals surface area contributed by atoms with Gasteiger partial charge in [0.2, 0.25) is 5.91 Å². The molecule has 2 aromatic heterocycles. The van der Waals surface area contributed by atoms with Crippen molar-refractivity contribution in [3.05, 3.63) is 64.9 Å². The van der Waals surface area contributed by atoms with Gasteiger partial charge in [-0.15, -0.1) is 11.3 Å². The third-order valence-corrected chi connectivity index (χ3v) is 4.78. The molecule has 1 aliphatic rings. The van der Waals surface area contributed by atoms with Gasteiger partial charge < -0.3 is 4.90 Å². The topological polar surface area (TPSA) is 37.6 Å². The first-order valence-corrected chi connectivity index (χ1v) is 8.13. The molecule has 110 valence electrons. The van der Waals surface area contributed by atoms with Gasteiger partial charge in [-0.2, -0.15) is 0 Å². The quantitative estimate of drug-likeness (QED) is 0.683. The highest BCUT2D eigenvalue weighted by Crippen LogP contribution is 2.19. The van der Waals surface area contributed by atoms with Crippen LogP contribution >= 0.6 is 11.3 Å². The van der Waals surface area contributed by atoms with E-state index in [4.69, 9.17) is 0 Å². The monoisotopic (exact) mass is 309 g/mol. The molecule has 3 aromatic rings. The van der Waals surface area contributed by atoms with Crippen molar-refractivity contribution < 1.29 is 4.79 Å². The zero-order chi connectivity index (χ0) is 14.9. The second kappa shape index (κ2) is 5.42. The smallest absolute Gasteiger partial charge is 0.246 e. The van der Waals surface area contributed by atoms with Crippen LogP contribution in [0.2, 0.25) is 0 Å². The molecule has 0 radical (unpaired) electrons. The minimum Gasteiger partial charge on any atom is -0.334 e. The highest BCUT2D eigenvalue weighted by atomic mass is 32.1. The van der Waals surface area contributed by atoms with Gasteiger partial charge in [0, 0.05) is 30.7 Å². The fourth-order valence-corrected chi connectivity index (χ4v) is 3.51. The molecular formula is C17H15N3OS. The fourth-order valence-electron chi connectivity index (χ4n) is 2.81. The normalized spacial score (nSPS) is 14.6. The van der Waals surface area contributed by atoms with E-state index in [2.05, 4.69) is 23.2 Å². The summed E-state index contributed by atoms with van der Waals surface area (Å²) in [5.41, 5.74) is 3.54. The first-order valence-electron chi connectivity index (χ1n) is 7.25. The summed E-state index contributed by atoms with van der Waals surface area (Å²) in [5.74, 6) is 0.0553. The molecule has 22 heavy (non-hydrogen) atoms. The summed E-state index contributed by atoms with van der Waals surface area (Å²) < 4.78 is 1.99. The predicted molar refractivity (Wildman–Crippen MR) is 87.7 cm³/mol. The maximum Gasteiger partial charge on any atom is 0.246 e. The lowest BCUT2D eigenvalue weighted by atomic mass is 10.00. The van der Waals surface area contributed by atoms with E-state index in [1.54, 1.807) is 23.6 Å². The summed E-state index contributed by atoms with van der Waals surface area (Å²) in [6.45, 7) is 1.47. The number of thiazole rings is 1. The lowest BCUT2D eigenvalue weighted by Crippen LogP contribution is -2.34. The zero-order valence-electron chi connectivity index (χ0n) is 12.0. The first kappa shape index (κ1) is 13.3. The largest absolute Gasteiger partial charge is 0.334 e. The number of hydrogen-bond acceptors (Lipinski definition) is 3. The summed E-state index contributed by atoms with van der Waals surface area (Å²) >= 11 is 1.59. The molecule has 5 heteroatoms. The highest BCUT2D eigenvalue weighted by Gasteiger charge is 2.18. The lowest BCUT2D eigenvalue weighted by molar-refractivity contribution is -0.126. The molecule has 0 atom stereocenters. The number of hydrogen-bond donors (Lipinski definition) is 0. The summed E-state index contributed by atoms with van der Waals surface area (Å²) in [4.78, 5) is 19.5. The number of benzene rings is 1. The van der Waals surface area contributed by atoms with E-state index in [9.17, 15) is 4.79 Å². The lowest BCUT2D eigenvalue weighted by Gasteiger charge is -2.27. The molecule has 4 nitrogen and oxygen atoms in total. The van der Waals surface area contributed by atoms with Crippen LogP contribution in [0.4, 0.5) is 0 Å². The third-order valence-electron chi connectivity index (χ3n) is 4.01. The summed E-state index contributed by atoms with van der Waals surface area (Å²) in [7, 11) is 0. The van der Waals surface area contributed by atoms with Gasteiger partial charge >= 0.3 is 0 Å². The van der Waals surface area contributed by atoms with E-state index in [-0.39, 0.29) is 5.91 Å². The van der Waals surface area contributed by atoms with E-state index >= 15 is 0 Å². The molecule has 1 aliphatic heterocycles. The van der Waals surface area contributed by atoms with Gasteiger partial charge in [0.1, 0.15) is 0 Å². The number of carbonyl (C=O) groups is 1. The number of rotatable bonds is 2. The summed E-state index contributed by atoms with van der Waals surface area (Å²) in [5, 5.41) is 1.99. The van der Waals surface area contributed by atoms with Crippen LogP contribution in [0.5, 0.6) is 0 Å². The van der Waals surface area contributed by atoms with E-state index in [1.807, 2.05) is 33.0 Å². The van der Waals surface area contributed by atoms with E-state index in [0.29, 0.717) is 6.54 Å². The van der Waals surface area contributed by atoms with E-state index < -0.39 is 0 Å². The van der Waals surface area contributed by atoms with Crippen molar-refractivity contribution in [3.63, 3.8) is 0 Å². The van der Waals surface area contributed by atoms with Crippen LogP contribution in [0.25, 0.3) is 11.0 Å². The minimum atomic E-state index is 0.0553. The Labute approximate surface area is 132 Å². The third kappa shape index (κ3) is 2.33. The number of nitrogens with zero attached hydrogens (tertiary/aromatic N) is 3. The van der Waals surface area contributed by atoms with Gasteiger partial charge in [-0.1, -0.05) is 24.3 Å². The second-order valence-electron chi connectivity index (χ2n) is 5.35. The predicted octanol–water partition coefficient (Wildman–Crippen LogP) is 2.99. The van der Waals surface area contributed by atoms with Crippen molar-refractivity contribution in [2.24, 2.45) is 0 Å². The molecule has 3 heterocycles. The molecule has 0 saturated heterocycles. The Bertz CT molecular complexity index is 862. The van der Waals surface area contributed by atoms with E-state index in [1.165, 1.54) is 11.1 Å². The molecule has 0 N–H and O–H groups in total. The van der Waals surface area contributed by atoms with Crippen molar-refractivity contribution in [2.45, 2.75) is 13.0 Å². The molecule has 0 unspecified atom stereocenters. The Morgan fingerprint density at radius 3 is 3.05 bits per heavy atom. The Morgan fingerprint density at radius 1 is 1.27 bits per heavy atom. The van der Waals surface area contributed by atoms with Crippen molar-refractivity contribution >= 4 is 28.3 Å². The van der Waals surface area contributed by atoms with E-state index in [0.717, 1.165) is 23.6 Å². The maximum absolute atomic E-state index is 12.4. The Morgan fingerprint density at radius 2 is 2.14 bits per heavy atom. The van der Waals surface area contributed by atoms with Gasteiger partial charge in [-0.3, -0.25) is 9.20 Å². The van der Waals surface area contributed by atoms with Crippen LogP contribution in [0.1, 0.15) is 16.8 Å². The van der Waals surface area contributed by atoms with Crippen LogP contribution < -0.4 is 0 Å². The minimum absolute atomic E-state index is 0.0553. The molecule has 0 saturated carbocycles. The summed E-state index contributed by atoms with van der Waals surface area (Å²) in [6.07, 6.45) is 8.18. The molecule has 1 aromatic carbocycles. The summed E-state index contributed by atoms with van der Waals surface area (Å²) in [6, 6.07) is 8.33. The van der Waals surface area contributed by atoms with Gasteiger partial charge in [-0.05, 0) is 23.6 Å². The van der Waals surface area contributed by atoms with Crippen molar-refractivity contribution in [2.75, 3.05) is 6.54 Å². The SMILES string of the molecule is O=C(/C=C/c1cnc2sccn12)N1CCc2ccccc2C1. The fraction of sp³-hybridized carbons (Fsp3) is 0.176. The van der Waals surface area contributed by atoms with Crippen molar-refractivity contribution in [1.29, 1.82) is 0 Å². The van der Waals surface area contributed by atoms with Gasteiger partial charge in [0.05, 0.1) is 11.9 Å². The van der Waals surface area contributed by atoms with Crippen molar-refractivity contribution in [1.82, 2.24) is 14.3 Å². The Hall–Kier alpha value is -2.40. The van der Waals surface area contributed by atoms with Gasteiger partial charge in [0.15, 0.2) is 4.96 Å². The van der Waals surface area contributed by atoms with Crippen LogP contribution in [0.15, 0.2) is 48.1 Å². The number of imidazole rings is 1. The number of fused-ring (bicyclic) bond motifs is 2. The molecule has 0 bridgehead atoms. The zero-order valence-corrected chi connectivity index (χ0v) is 12.8. The molecule has 4 rings (SSSR count).